The Morgan fingerprint density at radius 1 is 1.16 bits per heavy atom. The number of rotatable bonds is 3. The Kier molecular flexibility index (Phi) is 4.96. The molecule has 0 bridgehead atoms. The van der Waals surface area contributed by atoms with Gasteiger partial charge in [0.1, 0.15) is 0 Å². The Balaban J connectivity index is 1.77. The number of piperidine rings is 1. The molecule has 1 N–H and O–H groups in total. The smallest absolute Gasteiger partial charge is 0.253 e. The third kappa shape index (κ3) is 3.93. The van der Waals surface area contributed by atoms with Gasteiger partial charge in [0.2, 0.25) is 0 Å². The van der Waals surface area contributed by atoms with Crippen molar-refractivity contribution in [3.63, 3.8) is 0 Å². The van der Waals surface area contributed by atoms with E-state index in [1.165, 1.54) is 11.1 Å². The Labute approximate surface area is 150 Å². The predicted molar refractivity (Wildman–Crippen MR) is 101 cm³/mol. The maximum atomic E-state index is 12.9. The third-order valence-corrected chi connectivity index (χ3v) is 5.57. The highest BCUT2D eigenvalue weighted by Crippen LogP contribution is 2.31. The van der Waals surface area contributed by atoms with Gasteiger partial charge in [-0.05, 0) is 62.4 Å². The number of nitrogens with zero attached hydrogens (tertiary/aromatic N) is 1. The molecule has 3 nitrogen and oxygen atoms in total. The molecule has 0 aliphatic carbocycles. The fraction of sp³-hybridized carbons (Fsp3) is 0.409. The second kappa shape index (κ2) is 7.01. The summed E-state index contributed by atoms with van der Waals surface area (Å²) in [6.07, 6.45) is 1.39. The van der Waals surface area contributed by atoms with Crippen LogP contribution in [0.3, 0.4) is 0 Å². The van der Waals surface area contributed by atoms with Crippen molar-refractivity contribution in [1.29, 1.82) is 0 Å². The standard InChI is InChI=1S/C22H27NO2/c1-16-9-10-19(13-17(16)2)21(24)23-12-11-22(3,25)20(15-23)14-18-7-5-4-6-8-18/h4-10,13,20,25H,11-12,14-15H2,1-3H3/t20-,22+/m1/s1. The molecule has 2 aromatic rings. The quantitative estimate of drug-likeness (QED) is 0.926. The van der Waals surface area contributed by atoms with Crippen molar-refractivity contribution in [2.24, 2.45) is 5.92 Å². The van der Waals surface area contributed by atoms with Crippen LogP contribution < -0.4 is 0 Å². The minimum Gasteiger partial charge on any atom is -0.390 e. The van der Waals surface area contributed by atoms with Gasteiger partial charge in [0.15, 0.2) is 0 Å². The summed E-state index contributed by atoms with van der Waals surface area (Å²) in [5.41, 5.74) is 3.53. The number of aryl methyl sites for hydroxylation is 2. The lowest BCUT2D eigenvalue weighted by atomic mass is 9.78. The molecule has 1 fully saturated rings. The van der Waals surface area contributed by atoms with Gasteiger partial charge >= 0.3 is 0 Å². The zero-order valence-electron chi connectivity index (χ0n) is 15.3. The van der Waals surface area contributed by atoms with Crippen LogP contribution in [0.1, 0.15) is 40.4 Å². The van der Waals surface area contributed by atoms with Gasteiger partial charge in [0, 0.05) is 24.6 Å². The summed E-state index contributed by atoms with van der Waals surface area (Å²) < 4.78 is 0. The Morgan fingerprint density at radius 2 is 1.88 bits per heavy atom. The molecule has 0 spiro atoms. The molecule has 3 rings (SSSR count). The summed E-state index contributed by atoms with van der Waals surface area (Å²) >= 11 is 0. The van der Waals surface area contributed by atoms with Crippen LogP contribution in [-0.2, 0) is 6.42 Å². The molecule has 25 heavy (non-hydrogen) atoms. The number of benzene rings is 2. The summed E-state index contributed by atoms with van der Waals surface area (Å²) in [5.74, 6) is 0.107. The summed E-state index contributed by atoms with van der Waals surface area (Å²) in [6.45, 7) is 7.18. The second-order valence-electron chi connectivity index (χ2n) is 7.54. The minimum atomic E-state index is -0.740. The molecule has 1 amide bonds. The number of hydrogen-bond donors (Lipinski definition) is 1. The largest absolute Gasteiger partial charge is 0.390 e. The van der Waals surface area contributed by atoms with E-state index in [0.717, 1.165) is 17.5 Å². The fourth-order valence-electron chi connectivity index (χ4n) is 3.54. The maximum Gasteiger partial charge on any atom is 0.253 e. The van der Waals surface area contributed by atoms with Crippen molar-refractivity contribution in [1.82, 2.24) is 4.90 Å². The molecular formula is C22H27NO2. The number of carbonyl (C=O) groups is 1. The van der Waals surface area contributed by atoms with Gasteiger partial charge in [0.25, 0.3) is 5.91 Å². The van der Waals surface area contributed by atoms with Gasteiger partial charge in [-0.15, -0.1) is 0 Å². The summed E-state index contributed by atoms with van der Waals surface area (Å²) in [5, 5.41) is 10.8. The van der Waals surface area contributed by atoms with E-state index in [0.29, 0.717) is 19.5 Å². The molecular weight excluding hydrogens is 310 g/mol. The number of carbonyl (C=O) groups excluding carboxylic acids is 1. The Bertz CT molecular complexity index is 752. The first-order chi connectivity index (χ1) is 11.9. The molecule has 1 saturated heterocycles. The normalized spacial score (nSPS) is 23.5. The van der Waals surface area contributed by atoms with Gasteiger partial charge in [-0.3, -0.25) is 4.79 Å². The van der Waals surface area contributed by atoms with Crippen molar-refractivity contribution in [3.8, 4) is 0 Å². The zero-order valence-corrected chi connectivity index (χ0v) is 15.3. The van der Waals surface area contributed by atoms with Crippen LogP contribution in [-0.4, -0.2) is 34.6 Å². The number of aliphatic hydroxyl groups is 1. The average molecular weight is 337 g/mol. The van der Waals surface area contributed by atoms with Crippen molar-refractivity contribution in [2.75, 3.05) is 13.1 Å². The fourth-order valence-corrected chi connectivity index (χ4v) is 3.54. The molecule has 132 valence electrons. The van der Waals surface area contributed by atoms with Crippen LogP contribution in [0.2, 0.25) is 0 Å². The van der Waals surface area contributed by atoms with Crippen molar-refractivity contribution in [3.05, 3.63) is 70.8 Å². The predicted octanol–water partition coefficient (Wildman–Crippen LogP) is 3.76. The molecule has 0 saturated carbocycles. The van der Waals surface area contributed by atoms with Crippen LogP contribution in [0.4, 0.5) is 0 Å². The maximum absolute atomic E-state index is 12.9. The molecule has 2 atom stereocenters. The Hall–Kier alpha value is -2.13. The van der Waals surface area contributed by atoms with E-state index >= 15 is 0 Å². The number of hydrogen-bond acceptors (Lipinski definition) is 2. The average Bonchev–Trinajstić information content (AvgIpc) is 2.59. The zero-order chi connectivity index (χ0) is 18.0. The van der Waals surface area contributed by atoms with E-state index in [2.05, 4.69) is 19.1 Å². The van der Waals surface area contributed by atoms with Gasteiger partial charge in [-0.25, -0.2) is 0 Å². The van der Waals surface area contributed by atoms with E-state index in [4.69, 9.17) is 0 Å². The molecule has 1 heterocycles. The molecule has 0 radical (unpaired) electrons. The highest BCUT2D eigenvalue weighted by molar-refractivity contribution is 5.94. The molecule has 1 aliphatic rings. The van der Waals surface area contributed by atoms with E-state index in [1.54, 1.807) is 0 Å². The van der Waals surface area contributed by atoms with E-state index in [1.807, 2.05) is 55.1 Å². The number of amides is 1. The molecule has 3 heteroatoms. The van der Waals surface area contributed by atoms with Gasteiger partial charge < -0.3 is 10.0 Å². The highest BCUT2D eigenvalue weighted by Gasteiger charge is 2.39. The molecule has 0 aromatic heterocycles. The van der Waals surface area contributed by atoms with Gasteiger partial charge in [-0.2, -0.15) is 0 Å². The van der Waals surface area contributed by atoms with Gasteiger partial charge in [0.05, 0.1) is 5.60 Å². The lowest BCUT2D eigenvalue weighted by molar-refractivity contribution is -0.0507. The van der Waals surface area contributed by atoms with Gasteiger partial charge in [-0.1, -0.05) is 36.4 Å². The lowest BCUT2D eigenvalue weighted by Crippen LogP contribution is -2.52. The number of likely N-dealkylation sites (tertiary alicyclic amines) is 1. The van der Waals surface area contributed by atoms with E-state index < -0.39 is 5.60 Å². The summed E-state index contributed by atoms with van der Waals surface area (Å²) in [7, 11) is 0. The minimum absolute atomic E-state index is 0.0409. The van der Waals surface area contributed by atoms with Crippen LogP contribution in [0, 0.1) is 19.8 Å². The third-order valence-electron chi connectivity index (χ3n) is 5.57. The van der Waals surface area contributed by atoms with Crippen LogP contribution >= 0.6 is 0 Å². The van der Waals surface area contributed by atoms with Crippen molar-refractivity contribution < 1.29 is 9.90 Å². The highest BCUT2D eigenvalue weighted by atomic mass is 16.3. The van der Waals surface area contributed by atoms with E-state index in [-0.39, 0.29) is 11.8 Å². The van der Waals surface area contributed by atoms with Crippen LogP contribution in [0.25, 0.3) is 0 Å². The monoisotopic (exact) mass is 337 g/mol. The van der Waals surface area contributed by atoms with Crippen LogP contribution in [0.15, 0.2) is 48.5 Å². The first kappa shape index (κ1) is 17.7. The summed E-state index contributed by atoms with van der Waals surface area (Å²) in [6, 6.07) is 16.1. The summed E-state index contributed by atoms with van der Waals surface area (Å²) in [4.78, 5) is 14.8. The van der Waals surface area contributed by atoms with E-state index in [9.17, 15) is 9.90 Å². The first-order valence-electron chi connectivity index (χ1n) is 8.99. The lowest BCUT2D eigenvalue weighted by Gasteiger charge is -2.43. The van der Waals surface area contributed by atoms with Crippen molar-refractivity contribution >= 4 is 5.91 Å². The Morgan fingerprint density at radius 3 is 2.56 bits per heavy atom. The SMILES string of the molecule is Cc1ccc(C(=O)N2CC[C@](C)(O)[C@H](Cc3ccccc3)C2)cc1C. The van der Waals surface area contributed by atoms with Crippen LogP contribution in [0.5, 0.6) is 0 Å². The van der Waals surface area contributed by atoms with Crippen molar-refractivity contribution in [2.45, 2.75) is 39.2 Å². The first-order valence-corrected chi connectivity index (χ1v) is 8.99. The second-order valence-corrected chi connectivity index (χ2v) is 7.54. The molecule has 0 unspecified atom stereocenters. The molecule has 1 aliphatic heterocycles. The molecule has 2 aromatic carbocycles. The topological polar surface area (TPSA) is 40.5 Å².